The molecule has 1 aliphatic rings. The fraction of sp³-hybridized carbons (Fsp3) is 0.360. The summed E-state index contributed by atoms with van der Waals surface area (Å²) in [5.74, 6) is 0.189. The molecule has 2 aromatic rings. The van der Waals surface area contributed by atoms with E-state index in [9.17, 15) is 9.59 Å². The van der Waals surface area contributed by atoms with Crippen molar-refractivity contribution in [3.63, 3.8) is 0 Å². The molecule has 1 aliphatic heterocycles. The van der Waals surface area contributed by atoms with Crippen LogP contribution in [0, 0.1) is 6.92 Å². The fourth-order valence-electron chi connectivity index (χ4n) is 3.63. The standard InChI is InChI=1S/C25H30N2O4/c1-4-6-14-20-22(24(28)30-5-2)23(27-25(29)26-20)19-13-9-10-15-21(19)31-16-18-12-8-7-11-17(18)3/h7-13,15,23H,4-6,14,16H2,1-3H3,(H2,26,27,29). The number of aryl methyl sites for hydroxylation is 1. The number of hydrogen-bond acceptors (Lipinski definition) is 4. The Morgan fingerprint density at radius 3 is 2.55 bits per heavy atom. The number of carbonyl (C=O) groups is 2. The summed E-state index contributed by atoms with van der Waals surface area (Å²) in [7, 11) is 0. The monoisotopic (exact) mass is 422 g/mol. The third-order valence-corrected chi connectivity index (χ3v) is 5.30. The number of rotatable bonds is 9. The van der Waals surface area contributed by atoms with Crippen LogP contribution in [0.3, 0.4) is 0 Å². The Labute approximate surface area is 183 Å². The van der Waals surface area contributed by atoms with Crippen molar-refractivity contribution in [2.45, 2.75) is 52.7 Å². The van der Waals surface area contributed by atoms with Crippen LogP contribution < -0.4 is 15.4 Å². The molecule has 1 atom stereocenters. The van der Waals surface area contributed by atoms with Gasteiger partial charge in [0.2, 0.25) is 0 Å². The number of para-hydroxylation sites is 1. The first-order valence-electron chi connectivity index (χ1n) is 10.8. The number of unbranched alkanes of at least 4 members (excludes halogenated alkanes) is 1. The molecule has 164 valence electrons. The minimum atomic E-state index is -0.646. The number of allylic oxidation sites excluding steroid dienone is 1. The van der Waals surface area contributed by atoms with E-state index in [1.807, 2.05) is 55.5 Å². The molecule has 1 heterocycles. The maximum Gasteiger partial charge on any atom is 0.338 e. The normalized spacial score (nSPS) is 15.8. The van der Waals surface area contributed by atoms with E-state index in [0.29, 0.717) is 30.0 Å². The van der Waals surface area contributed by atoms with Gasteiger partial charge in [-0.1, -0.05) is 55.8 Å². The SMILES string of the molecule is CCCCC1=C(C(=O)OCC)C(c2ccccc2OCc2ccccc2C)NC(=O)N1. The molecule has 2 aromatic carbocycles. The van der Waals surface area contributed by atoms with E-state index in [1.165, 1.54) is 0 Å². The van der Waals surface area contributed by atoms with Gasteiger partial charge in [-0.15, -0.1) is 0 Å². The highest BCUT2D eigenvalue weighted by molar-refractivity contribution is 5.95. The predicted octanol–water partition coefficient (Wildman–Crippen LogP) is 4.94. The predicted molar refractivity (Wildman–Crippen MR) is 120 cm³/mol. The van der Waals surface area contributed by atoms with Gasteiger partial charge < -0.3 is 20.1 Å². The van der Waals surface area contributed by atoms with Crippen LogP contribution in [-0.4, -0.2) is 18.6 Å². The van der Waals surface area contributed by atoms with Crippen LogP contribution in [0.2, 0.25) is 0 Å². The molecule has 2 amide bonds. The van der Waals surface area contributed by atoms with E-state index in [-0.39, 0.29) is 12.6 Å². The lowest BCUT2D eigenvalue weighted by Gasteiger charge is -2.30. The molecule has 0 saturated heterocycles. The zero-order valence-electron chi connectivity index (χ0n) is 18.4. The molecule has 0 aliphatic carbocycles. The van der Waals surface area contributed by atoms with Gasteiger partial charge in [-0.3, -0.25) is 0 Å². The molecule has 0 fully saturated rings. The van der Waals surface area contributed by atoms with E-state index >= 15 is 0 Å². The molecular weight excluding hydrogens is 392 g/mol. The van der Waals surface area contributed by atoms with Gasteiger partial charge in [0.15, 0.2) is 0 Å². The number of ether oxygens (including phenoxy) is 2. The average Bonchev–Trinajstić information content (AvgIpc) is 2.77. The molecule has 2 N–H and O–H groups in total. The van der Waals surface area contributed by atoms with Gasteiger partial charge in [-0.2, -0.15) is 0 Å². The van der Waals surface area contributed by atoms with Gasteiger partial charge in [0, 0.05) is 11.3 Å². The number of nitrogens with one attached hydrogen (secondary N) is 2. The van der Waals surface area contributed by atoms with E-state index in [4.69, 9.17) is 9.47 Å². The van der Waals surface area contributed by atoms with Crippen molar-refractivity contribution in [3.05, 3.63) is 76.5 Å². The smallest absolute Gasteiger partial charge is 0.338 e. The largest absolute Gasteiger partial charge is 0.489 e. The summed E-state index contributed by atoms with van der Waals surface area (Å²) < 4.78 is 11.5. The number of amides is 2. The van der Waals surface area contributed by atoms with E-state index < -0.39 is 12.0 Å². The zero-order chi connectivity index (χ0) is 22.2. The Hall–Kier alpha value is -3.28. The summed E-state index contributed by atoms with van der Waals surface area (Å²) in [5.41, 5.74) is 3.99. The molecule has 6 heteroatoms. The van der Waals surface area contributed by atoms with Gasteiger partial charge in [0.05, 0.1) is 18.2 Å². The number of carbonyl (C=O) groups excluding carboxylic acids is 2. The highest BCUT2D eigenvalue weighted by atomic mass is 16.5. The summed E-state index contributed by atoms with van der Waals surface area (Å²) >= 11 is 0. The van der Waals surface area contributed by atoms with E-state index in [0.717, 1.165) is 29.5 Å². The first kappa shape index (κ1) is 22.4. The quantitative estimate of drug-likeness (QED) is 0.562. The lowest BCUT2D eigenvalue weighted by Crippen LogP contribution is -2.46. The molecule has 3 rings (SSSR count). The topological polar surface area (TPSA) is 76.7 Å². The molecular formula is C25H30N2O4. The fourth-order valence-corrected chi connectivity index (χ4v) is 3.63. The Morgan fingerprint density at radius 1 is 1.06 bits per heavy atom. The van der Waals surface area contributed by atoms with Gasteiger partial charge in [0.25, 0.3) is 0 Å². The van der Waals surface area contributed by atoms with Crippen molar-refractivity contribution < 1.29 is 19.1 Å². The molecule has 0 aromatic heterocycles. The van der Waals surface area contributed by atoms with E-state index in [1.54, 1.807) is 6.92 Å². The van der Waals surface area contributed by atoms with Gasteiger partial charge in [0.1, 0.15) is 12.4 Å². The van der Waals surface area contributed by atoms with Crippen LogP contribution in [0.4, 0.5) is 4.79 Å². The second kappa shape index (κ2) is 10.7. The molecule has 6 nitrogen and oxygen atoms in total. The molecule has 0 radical (unpaired) electrons. The van der Waals surface area contributed by atoms with Crippen molar-refractivity contribution >= 4 is 12.0 Å². The van der Waals surface area contributed by atoms with Crippen molar-refractivity contribution in [1.29, 1.82) is 0 Å². The van der Waals surface area contributed by atoms with Crippen molar-refractivity contribution in [2.24, 2.45) is 0 Å². The minimum Gasteiger partial charge on any atom is -0.489 e. The third-order valence-electron chi connectivity index (χ3n) is 5.30. The van der Waals surface area contributed by atoms with Crippen LogP contribution in [0.1, 0.15) is 55.8 Å². The lowest BCUT2D eigenvalue weighted by atomic mass is 9.93. The van der Waals surface area contributed by atoms with Gasteiger partial charge >= 0.3 is 12.0 Å². The van der Waals surface area contributed by atoms with Crippen LogP contribution in [0.25, 0.3) is 0 Å². The highest BCUT2D eigenvalue weighted by Gasteiger charge is 2.34. The minimum absolute atomic E-state index is 0.259. The van der Waals surface area contributed by atoms with Crippen molar-refractivity contribution in [3.8, 4) is 5.75 Å². The molecule has 0 saturated carbocycles. The Balaban J connectivity index is 1.97. The maximum absolute atomic E-state index is 12.9. The van der Waals surface area contributed by atoms with Crippen LogP contribution in [0.5, 0.6) is 5.75 Å². The maximum atomic E-state index is 12.9. The summed E-state index contributed by atoms with van der Waals surface area (Å²) in [5, 5.41) is 5.70. The number of benzene rings is 2. The second-order valence-corrected chi connectivity index (χ2v) is 7.50. The summed E-state index contributed by atoms with van der Waals surface area (Å²) in [6, 6.07) is 14.5. The van der Waals surface area contributed by atoms with Crippen LogP contribution in [-0.2, 0) is 16.1 Å². The summed E-state index contributed by atoms with van der Waals surface area (Å²) in [6.07, 6.45) is 2.40. The average molecular weight is 423 g/mol. The van der Waals surface area contributed by atoms with Crippen LogP contribution in [0.15, 0.2) is 59.8 Å². The Morgan fingerprint density at radius 2 is 1.81 bits per heavy atom. The molecule has 31 heavy (non-hydrogen) atoms. The van der Waals surface area contributed by atoms with Gasteiger partial charge in [-0.25, -0.2) is 9.59 Å². The molecule has 0 spiro atoms. The second-order valence-electron chi connectivity index (χ2n) is 7.50. The number of urea groups is 1. The van der Waals surface area contributed by atoms with Gasteiger partial charge in [-0.05, 0) is 43.9 Å². The Bertz CT molecular complexity index is 967. The highest BCUT2D eigenvalue weighted by Crippen LogP contribution is 2.35. The molecule has 0 bridgehead atoms. The van der Waals surface area contributed by atoms with Crippen molar-refractivity contribution in [1.82, 2.24) is 10.6 Å². The van der Waals surface area contributed by atoms with Crippen LogP contribution >= 0.6 is 0 Å². The first-order chi connectivity index (χ1) is 15.0. The number of hydrogen-bond donors (Lipinski definition) is 2. The number of esters is 1. The summed E-state index contributed by atoms with van der Waals surface area (Å²) in [4.78, 5) is 25.3. The van der Waals surface area contributed by atoms with E-state index in [2.05, 4.69) is 17.6 Å². The molecule has 1 unspecified atom stereocenters. The Kier molecular flexibility index (Phi) is 7.70. The zero-order valence-corrected chi connectivity index (χ0v) is 18.4. The summed E-state index contributed by atoms with van der Waals surface area (Å²) in [6.45, 7) is 6.53. The van der Waals surface area contributed by atoms with Crippen molar-refractivity contribution in [2.75, 3.05) is 6.61 Å². The lowest BCUT2D eigenvalue weighted by molar-refractivity contribution is -0.139. The first-order valence-corrected chi connectivity index (χ1v) is 10.8. The third kappa shape index (κ3) is 5.45.